The Bertz CT molecular complexity index is 1030. The highest BCUT2D eigenvalue weighted by Crippen LogP contribution is 2.41. The van der Waals surface area contributed by atoms with Gasteiger partial charge in [0.25, 0.3) is 0 Å². The van der Waals surface area contributed by atoms with Gasteiger partial charge in [0.2, 0.25) is 0 Å². The van der Waals surface area contributed by atoms with Crippen molar-refractivity contribution in [3.8, 4) is 22.6 Å². The van der Waals surface area contributed by atoms with Gasteiger partial charge in [0, 0.05) is 0 Å². The van der Waals surface area contributed by atoms with E-state index in [1.807, 2.05) is 30.3 Å². The average Bonchev–Trinajstić information content (AvgIpc) is 2.65. The lowest BCUT2D eigenvalue weighted by atomic mass is 9.89. The van der Waals surface area contributed by atoms with Crippen LogP contribution in [0, 0.1) is 6.92 Å². The van der Waals surface area contributed by atoms with Crippen LogP contribution in [0.4, 0.5) is 0 Å². The van der Waals surface area contributed by atoms with Crippen LogP contribution in [-0.4, -0.2) is 17.8 Å². The van der Waals surface area contributed by atoms with E-state index in [0.717, 1.165) is 21.9 Å². The molecule has 0 aliphatic carbocycles. The third kappa shape index (κ3) is 2.51. The molecule has 0 heterocycles. The van der Waals surface area contributed by atoms with Crippen LogP contribution in [0.15, 0.2) is 66.7 Å². The molecule has 0 atom stereocenters. The zero-order valence-corrected chi connectivity index (χ0v) is 13.7. The van der Waals surface area contributed by atoms with Gasteiger partial charge in [-0.25, -0.2) is 0 Å². The molecule has 4 aromatic carbocycles. The van der Waals surface area contributed by atoms with Crippen LogP contribution in [-0.2, 0) is 0 Å². The summed E-state index contributed by atoms with van der Waals surface area (Å²) in [5.74, 6) is 0.198. The zero-order valence-electron chi connectivity index (χ0n) is 13.7. The standard InChI is InChI=1S/C21H16BO3/c1-13-15-6-2-4-8-17(15)21(18-9-5-3-7-16(13)18)14-10-11-19(23)20(12-14)25-22-24/h2-12,23-24H,1H3. The summed E-state index contributed by atoms with van der Waals surface area (Å²) >= 11 is 0. The lowest BCUT2D eigenvalue weighted by Crippen LogP contribution is -2.00. The van der Waals surface area contributed by atoms with Crippen molar-refractivity contribution in [1.29, 1.82) is 0 Å². The number of phenols is 1. The summed E-state index contributed by atoms with van der Waals surface area (Å²) in [5, 5.41) is 23.5. The Morgan fingerprint density at radius 1 is 0.800 bits per heavy atom. The first kappa shape index (κ1) is 15.5. The predicted octanol–water partition coefficient (Wildman–Crippen LogP) is 4.58. The smallest absolute Gasteiger partial charge is 0.535 e. The van der Waals surface area contributed by atoms with Crippen molar-refractivity contribution < 1.29 is 14.8 Å². The Balaban J connectivity index is 2.13. The summed E-state index contributed by atoms with van der Waals surface area (Å²) < 4.78 is 5.03. The van der Waals surface area contributed by atoms with E-state index in [9.17, 15) is 5.11 Å². The Hall–Kier alpha value is -2.98. The van der Waals surface area contributed by atoms with E-state index >= 15 is 0 Å². The molecular formula is C21H16BO3. The first-order valence-corrected chi connectivity index (χ1v) is 8.06. The Labute approximate surface area is 146 Å². The van der Waals surface area contributed by atoms with Gasteiger partial charge in [-0.15, -0.1) is 0 Å². The molecular weight excluding hydrogens is 311 g/mol. The van der Waals surface area contributed by atoms with E-state index in [-0.39, 0.29) is 11.5 Å². The molecule has 0 saturated heterocycles. The van der Waals surface area contributed by atoms with Crippen LogP contribution in [0.1, 0.15) is 5.56 Å². The van der Waals surface area contributed by atoms with Gasteiger partial charge < -0.3 is 14.8 Å². The average molecular weight is 327 g/mol. The molecule has 4 rings (SSSR count). The quantitative estimate of drug-likeness (QED) is 0.428. The number of aryl methyl sites for hydroxylation is 1. The second-order valence-corrected chi connectivity index (χ2v) is 6.00. The van der Waals surface area contributed by atoms with Gasteiger partial charge in [-0.3, -0.25) is 0 Å². The largest absolute Gasteiger partial charge is 0.569 e. The maximum atomic E-state index is 9.93. The minimum atomic E-state index is -0.0187. The summed E-state index contributed by atoms with van der Waals surface area (Å²) in [4.78, 5) is 0. The lowest BCUT2D eigenvalue weighted by Gasteiger charge is -2.16. The molecule has 0 spiro atoms. The van der Waals surface area contributed by atoms with E-state index in [0.29, 0.717) is 7.69 Å². The molecule has 0 fully saturated rings. The van der Waals surface area contributed by atoms with Crippen LogP contribution < -0.4 is 4.65 Å². The number of benzene rings is 4. The van der Waals surface area contributed by atoms with Gasteiger partial charge >= 0.3 is 7.69 Å². The molecule has 0 aliphatic rings. The molecule has 3 nitrogen and oxygen atoms in total. The fourth-order valence-electron chi connectivity index (χ4n) is 3.48. The second-order valence-electron chi connectivity index (χ2n) is 6.00. The highest BCUT2D eigenvalue weighted by molar-refractivity contribution is 6.18. The summed E-state index contributed by atoms with van der Waals surface area (Å²) in [6.07, 6.45) is 0. The number of rotatable bonds is 3. The van der Waals surface area contributed by atoms with Crippen molar-refractivity contribution in [2.45, 2.75) is 6.92 Å². The fraction of sp³-hybridized carbons (Fsp3) is 0.0476. The number of fused-ring (bicyclic) bond motifs is 2. The summed E-state index contributed by atoms with van der Waals surface area (Å²) in [7, 11) is 0.574. The Morgan fingerprint density at radius 2 is 1.36 bits per heavy atom. The van der Waals surface area contributed by atoms with Gasteiger partial charge in [0.1, 0.15) is 5.75 Å². The molecule has 0 saturated carbocycles. The second kappa shape index (κ2) is 6.15. The van der Waals surface area contributed by atoms with Gasteiger partial charge in [-0.05, 0) is 57.3 Å². The first-order valence-electron chi connectivity index (χ1n) is 8.06. The van der Waals surface area contributed by atoms with Gasteiger partial charge in [0.15, 0.2) is 5.75 Å². The number of phenolic OH excluding ortho intramolecular Hbond substituents is 1. The van der Waals surface area contributed by atoms with Crippen molar-refractivity contribution in [3.05, 3.63) is 72.3 Å². The van der Waals surface area contributed by atoms with E-state index in [1.165, 1.54) is 16.3 Å². The monoisotopic (exact) mass is 327 g/mol. The number of hydrogen-bond donors (Lipinski definition) is 2. The molecule has 0 amide bonds. The van der Waals surface area contributed by atoms with Crippen LogP contribution >= 0.6 is 0 Å². The molecule has 0 unspecified atom stereocenters. The summed E-state index contributed by atoms with van der Waals surface area (Å²) in [5.41, 5.74) is 3.25. The number of aromatic hydroxyl groups is 1. The minimum absolute atomic E-state index is 0.0187. The number of hydrogen-bond acceptors (Lipinski definition) is 3. The molecule has 4 aromatic rings. The predicted molar refractivity (Wildman–Crippen MR) is 102 cm³/mol. The summed E-state index contributed by atoms with van der Waals surface area (Å²) in [6.45, 7) is 2.14. The Kier molecular flexibility index (Phi) is 3.82. The van der Waals surface area contributed by atoms with E-state index in [4.69, 9.17) is 9.68 Å². The molecule has 25 heavy (non-hydrogen) atoms. The fourth-order valence-corrected chi connectivity index (χ4v) is 3.48. The maximum Gasteiger partial charge on any atom is 0.569 e. The topological polar surface area (TPSA) is 49.7 Å². The van der Waals surface area contributed by atoms with Crippen molar-refractivity contribution in [3.63, 3.8) is 0 Å². The van der Waals surface area contributed by atoms with E-state index in [2.05, 4.69) is 31.2 Å². The van der Waals surface area contributed by atoms with Crippen molar-refractivity contribution in [2.24, 2.45) is 0 Å². The molecule has 0 aromatic heterocycles. The van der Waals surface area contributed by atoms with Crippen molar-refractivity contribution in [2.75, 3.05) is 0 Å². The van der Waals surface area contributed by atoms with Crippen molar-refractivity contribution in [1.82, 2.24) is 0 Å². The van der Waals surface area contributed by atoms with Crippen LogP contribution in [0.25, 0.3) is 32.7 Å². The maximum absolute atomic E-state index is 9.93. The van der Waals surface area contributed by atoms with Gasteiger partial charge in [-0.2, -0.15) is 0 Å². The molecule has 0 aliphatic heterocycles. The summed E-state index contributed by atoms with van der Waals surface area (Å²) in [6, 6.07) is 21.8. The minimum Gasteiger partial charge on any atom is -0.535 e. The van der Waals surface area contributed by atoms with Crippen molar-refractivity contribution >= 4 is 29.2 Å². The normalized spacial score (nSPS) is 11.0. The lowest BCUT2D eigenvalue weighted by molar-refractivity contribution is 0.410. The van der Waals surface area contributed by atoms with E-state index in [1.54, 1.807) is 12.1 Å². The van der Waals surface area contributed by atoms with Gasteiger partial charge in [-0.1, -0.05) is 54.6 Å². The third-order valence-corrected chi connectivity index (χ3v) is 4.63. The Morgan fingerprint density at radius 3 is 1.92 bits per heavy atom. The molecule has 1 radical (unpaired) electrons. The zero-order chi connectivity index (χ0) is 17.4. The molecule has 2 N–H and O–H groups in total. The van der Waals surface area contributed by atoms with E-state index < -0.39 is 0 Å². The molecule has 121 valence electrons. The third-order valence-electron chi connectivity index (χ3n) is 4.63. The van der Waals surface area contributed by atoms with Crippen LogP contribution in [0.5, 0.6) is 11.5 Å². The SMILES string of the molecule is Cc1c2ccccc2c(-c2ccc(O)c(O[B]O)c2)c2ccccc12. The highest BCUT2D eigenvalue weighted by Gasteiger charge is 2.14. The van der Waals surface area contributed by atoms with Crippen LogP contribution in [0.3, 0.4) is 0 Å². The van der Waals surface area contributed by atoms with Crippen LogP contribution in [0.2, 0.25) is 0 Å². The first-order chi connectivity index (χ1) is 12.2. The molecule has 4 heteroatoms. The molecule has 0 bridgehead atoms. The van der Waals surface area contributed by atoms with Gasteiger partial charge in [0.05, 0.1) is 0 Å². The highest BCUT2D eigenvalue weighted by atomic mass is 16.5.